The van der Waals surface area contributed by atoms with Crippen LogP contribution in [0.1, 0.15) is 5.69 Å². The van der Waals surface area contributed by atoms with E-state index in [1.165, 1.54) is 0 Å². The van der Waals surface area contributed by atoms with Gasteiger partial charge in [-0.25, -0.2) is 0 Å². The topological polar surface area (TPSA) is 54.4 Å². The van der Waals surface area contributed by atoms with Crippen molar-refractivity contribution in [3.05, 3.63) is 59.4 Å². The number of ether oxygens (including phenoxy) is 1. The maximum absolute atomic E-state index is 9.81. The van der Waals surface area contributed by atoms with Crippen molar-refractivity contribution in [3.63, 3.8) is 0 Å². The number of aromatic nitrogens is 1. The van der Waals surface area contributed by atoms with Gasteiger partial charge in [-0.1, -0.05) is 17.7 Å². The Bertz CT molecular complexity index is 505. The fourth-order valence-electron chi connectivity index (χ4n) is 1.65. The zero-order valence-electron chi connectivity index (χ0n) is 11.0. The molecule has 2 N–H and O–H groups in total. The van der Waals surface area contributed by atoms with Gasteiger partial charge in [-0.05, 0) is 36.4 Å². The fraction of sp³-hybridized carbons (Fsp3) is 0.267. The standard InChI is InChI=1S/C15H17ClN2O2/c16-12-4-6-15(7-5-12)20-11-14(19)10-17-9-13-3-1-2-8-18-13/h1-8,14,17,19H,9-11H2. The normalized spacial score (nSPS) is 12.1. The molecular weight excluding hydrogens is 276 g/mol. The molecule has 5 heteroatoms. The van der Waals surface area contributed by atoms with Gasteiger partial charge < -0.3 is 15.2 Å². The first-order valence-electron chi connectivity index (χ1n) is 6.41. The summed E-state index contributed by atoms with van der Waals surface area (Å²) in [6, 6.07) is 12.8. The number of hydrogen-bond acceptors (Lipinski definition) is 4. The third-order valence-electron chi connectivity index (χ3n) is 2.67. The van der Waals surface area contributed by atoms with Gasteiger partial charge in [0.05, 0.1) is 5.69 Å². The van der Waals surface area contributed by atoms with Crippen LogP contribution in [0, 0.1) is 0 Å². The second-order valence-electron chi connectivity index (χ2n) is 4.37. The van der Waals surface area contributed by atoms with Gasteiger partial charge in [0.2, 0.25) is 0 Å². The molecule has 0 aliphatic carbocycles. The molecule has 1 aromatic carbocycles. The van der Waals surface area contributed by atoms with Crippen LogP contribution in [0.15, 0.2) is 48.7 Å². The first-order valence-corrected chi connectivity index (χ1v) is 6.79. The average molecular weight is 293 g/mol. The SMILES string of the molecule is OC(CNCc1ccccn1)COc1ccc(Cl)cc1. The van der Waals surface area contributed by atoms with Crippen LogP contribution in [-0.4, -0.2) is 29.3 Å². The number of halogens is 1. The van der Waals surface area contributed by atoms with Gasteiger partial charge >= 0.3 is 0 Å². The average Bonchev–Trinajstić information content (AvgIpc) is 2.48. The van der Waals surface area contributed by atoms with E-state index in [2.05, 4.69) is 10.3 Å². The molecule has 106 valence electrons. The van der Waals surface area contributed by atoms with Crippen LogP contribution < -0.4 is 10.1 Å². The van der Waals surface area contributed by atoms with E-state index in [0.717, 1.165) is 5.69 Å². The molecule has 2 aromatic rings. The summed E-state index contributed by atoms with van der Waals surface area (Å²) in [4.78, 5) is 4.19. The van der Waals surface area contributed by atoms with Crippen molar-refractivity contribution >= 4 is 11.6 Å². The number of benzene rings is 1. The Morgan fingerprint density at radius 2 is 2.00 bits per heavy atom. The zero-order chi connectivity index (χ0) is 14.2. The molecule has 0 saturated heterocycles. The van der Waals surface area contributed by atoms with Crippen molar-refractivity contribution in [1.29, 1.82) is 0 Å². The molecule has 4 nitrogen and oxygen atoms in total. The van der Waals surface area contributed by atoms with E-state index < -0.39 is 6.10 Å². The molecular formula is C15H17ClN2O2. The first kappa shape index (κ1) is 14.8. The summed E-state index contributed by atoms with van der Waals surface area (Å²) in [7, 11) is 0. The van der Waals surface area contributed by atoms with Gasteiger partial charge in [-0.3, -0.25) is 4.98 Å². The number of nitrogens with one attached hydrogen (secondary N) is 1. The summed E-state index contributed by atoms with van der Waals surface area (Å²) in [6.45, 7) is 1.31. The van der Waals surface area contributed by atoms with E-state index in [4.69, 9.17) is 16.3 Å². The van der Waals surface area contributed by atoms with Crippen molar-refractivity contribution in [2.75, 3.05) is 13.2 Å². The van der Waals surface area contributed by atoms with Crippen LogP contribution in [0.5, 0.6) is 5.75 Å². The van der Waals surface area contributed by atoms with Gasteiger partial charge in [0.1, 0.15) is 18.5 Å². The van der Waals surface area contributed by atoms with E-state index in [1.54, 1.807) is 30.5 Å². The molecule has 1 aromatic heterocycles. The molecule has 0 radical (unpaired) electrons. The van der Waals surface area contributed by atoms with Crippen LogP contribution in [0.4, 0.5) is 0 Å². The molecule has 0 saturated carbocycles. The van der Waals surface area contributed by atoms with Crippen molar-refractivity contribution in [3.8, 4) is 5.75 Å². The quantitative estimate of drug-likeness (QED) is 0.822. The molecule has 0 amide bonds. The van der Waals surface area contributed by atoms with Crippen molar-refractivity contribution in [2.24, 2.45) is 0 Å². The Balaban J connectivity index is 1.65. The molecule has 2 rings (SSSR count). The Morgan fingerprint density at radius 3 is 2.70 bits per heavy atom. The van der Waals surface area contributed by atoms with E-state index >= 15 is 0 Å². The molecule has 0 aliphatic heterocycles. The summed E-state index contributed by atoms with van der Waals surface area (Å²) >= 11 is 5.78. The van der Waals surface area contributed by atoms with Crippen molar-refractivity contribution in [2.45, 2.75) is 12.6 Å². The first-order chi connectivity index (χ1) is 9.74. The lowest BCUT2D eigenvalue weighted by Crippen LogP contribution is -2.31. The van der Waals surface area contributed by atoms with E-state index in [0.29, 0.717) is 23.9 Å². The Hall–Kier alpha value is -1.62. The van der Waals surface area contributed by atoms with Crippen LogP contribution in [0.2, 0.25) is 5.02 Å². The lowest BCUT2D eigenvalue weighted by molar-refractivity contribution is 0.106. The van der Waals surface area contributed by atoms with E-state index in [9.17, 15) is 5.11 Å². The third-order valence-corrected chi connectivity index (χ3v) is 2.92. The highest BCUT2D eigenvalue weighted by Gasteiger charge is 2.05. The molecule has 0 spiro atoms. The molecule has 0 fully saturated rings. The van der Waals surface area contributed by atoms with Gasteiger partial charge in [0.25, 0.3) is 0 Å². The second kappa shape index (κ2) is 7.85. The van der Waals surface area contributed by atoms with Crippen LogP contribution in [-0.2, 0) is 6.54 Å². The lowest BCUT2D eigenvalue weighted by atomic mass is 10.3. The molecule has 1 atom stereocenters. The van der Waals surface area contributed by atoms with Crippen LogP contribution in [0.25, 0.3) is 0 Å². The number of pyridine rings is 1. The van der Waals surface area contributed by atoms with Gasteiger partial charge in [0.15, 0.2) is 0 Å². The van der Waals surface area contributed by atoms with E-state index in [-0.39, 0.29) is 6.61 Å². The number of aliphatic hydroxyl groups is 1. The highest BCUT2D eigenvalue weighted by atomic mass is 35.5. The van der Waals surface area contributed by atoms with Crippen molar-refractivity contribution in [1.82, 2.24) is 10.3 Å². The summed E-state index contributed by atoms with van der Waals surface area (Å²) in [5.41, 5.74) is 0.943. The van der Waals surface area contributed by atoms with Crippen LogP contribution >= 0.6 is 11.6 Å². The van der Waals surface area contributed by atoms with E-state index in [1.807, 2.05) is 18.2 Å². The molecule has 0 bridgehead atoms. The highest BCUT2D eigenvalue weighted by Crippen LogP contribution is 2.15. The lowest BCUT2D eigenvalue weighted by Gasteiger charge is -2.13. The maximum atomic E-state index is 9.81. The predicted octanol–water partition coefficient (Wildman–Crippen LogP) is 2.26. The molecule has 20 heavy (non-hydrogen) atoms. The Labute approximate surface area is 123 Å². The third kappa shape index (κ3) is 5.17. The van der Waals surface area contributed by atoms with Gasteiger partial charge in [-0.2, -0.15) is 0 Å². The largest absolute Gasteiger partial charge is 0.491 e. The minimum absolute atomic E-state index is 0.233. The predicted molar refractivity (Wildman–Crippen MR) is 78.9 cm³/mol. The maximum Gasteiger partial charge on any atom is 0.119 e. The smallest absolute Gasteiger partial charge is 0.119 e. The zero-order valence-corrected chi connectivity index (χ0v) is 11.8. The summed E-state index contributed by atoms with van der Waals surface area (Å²) in [6.07, 6.45) is 1.17. The Kier molecular flexibility index (Phi) is 5.80. The highest BCUT2D eigenvalue weighted by molar-refractivity contribution is 6.30. The van der Waals surface area contributed by atoms with Crippen molar-refractivity contribution < 1.29 is 9.84 Å². The number of rotatable bonds is 7. The number of nitrogens with zero attached hydrogens (tertiary/aromatic N) is 1. The summed E-state index contributed by atoms with van der Waals surface area (Å²) < 4.78 is 5.46. The minimum Gasteiger partial charge on any atom is -0.491 e. The summed E-state index contributed by atoms with van der Waals surface area (Å²) in [5.74, 6) is 0.693. The summed E-state index contributed by atoms with van der Waals surface area (Å²) in [5, 5.41) is 13.6. The van der Waals surface area contributed by atoms with Crippen LogP contribution in [0.3, 0.4) is 0 Å². The molecule has 1 heterocycles. The second-order valence-corrected chi connectivity index (χ2v) is 4.81. The van der Waals surface area contributed by atoms with Gasteiger partial charge in [-0.15, -0.1) is 0 Å². The molecule has 0 aliphatic rings. The minimum atomic E-state index is -0.575. The number of aliphatic hydroxyl groups excluding tert-OH is 1. The number of hydrogen-bond donors (Lipinski definition) is 2. The Morgan fingerprint density at radius 1 is 1.20 bits per heavy atom. The monoisotopic (exact) mass is 292 g/mol. The fourth-order valence-corrected chi connectivity index (χ4v) is 1.78. The van der Waals surface area contributed by atoms with Gasteiger partial charge in [0, 0.05) is 24.3 Å². The molecule has 1 unspecified atom stereocenters.